The van der Waals surface area contributed by atoms with E-state index in [2.05, 4.69) is 5.32 Å². The first-order valence-corrected chi connectivity index (χ1v) is 6.02. The average molecular weight is 253 g/mol. The van der Waals surface area contributed by atoms with Crippen molar-refractivity contribution in [2.24, 2.45) is 0 Å². The van der Waals surface area contributed by atoms with Gasteiger partial charge in [0.1, 0.15) is 0 Å². The third-order valence-corrected chi connectivity index (χ3v) is 3.43. The van der Waals surface area contributed by atoms with E-state index < -0.39 is 12.6 Å². The zero-order chi connectivity index (χ0) is 12.4. The summed E-state index contributed by atoms with van der Waals surface area (Å²) in [5.41, 5.74) is -0.145. The monoisotopic (exact) mass is 253 g/mol. The van der Waals surface area contributed by atoms with Gasteiger partial charge in [0, 0.05) is 6.42 Å². The fourth-order valence-electron chi connectivity index (χ4n) is 2.48. The van der Waals surface area contributed by atoms with Gasteiger partial charge in [-0.3, -0.25) is 0 Å². The molecule has 2 heterocycles. The molecule has 1 atom stereocenters. The summed E-state index contributed by atoms with van der Waals surface area (Å²) in [6, 6.07) is 0. The van der Waals surface area contributed by atoms with E-state index in [1.165, 1.54) is 0 Å². The Morgan fingerprint density at radius 3 is 2.65 bits per heavy atom. The van der Waals surface area contributed by atoms with E-state index >= 15 is 0 Å². The van der Waals surface area contributed by atoms with Crippen LogP contribution in [0.15, 0.2) is 0 Å². The Labute approximate surface area is 98.7 Å². The number of halogens is 3. The van der Waals surface area contributed by atoms with Gasteiger partial charge in [-0.25, -0.2) is 0 Å². The number of rotatable bonds is 3. The molecule has 2 rings (SSSR count). The largest absolute Gasteiger partial charge is 0.391 e. The summed E-state index contributed by atoms with van der Waals surface area (Å²) in [6.07, 6.45) is -2.61. The van der Waals surface area contributed by atoms with E-state index in [4.69, 9.17) is 9.47 Å². The fourth-order valence-corrected chi connectivity index (χ4v) is 2.48. The number of hydrogen-bond donors (Lipinski definition) is 1. The van der Waals surface area contributed by atoms with Crippen LogP contribution in [0, 0.1) is 0 Å². The van der Waals surface area contributed by atoms with E-state index in [1.54, 1.807) is 0 Å². The SMILES string of the molecule is FC(F)(F)CCOC1COC2(CCNCC2)C1. The Kier molecular flexibility index (Phi) is 3.95. The van der Waals surface area contributed by atoms with Gasteiger partial charge in [-0.1, -0.05) is 0 Å². The van der Waals surface area contributed by atoms with E-state index in [0.29, 0.717) is 6.61 Å². The van der Waals surface area contributed by atoms with Crippen LogP contribution >= 0.6 is 0 Å². The molecule has 0 saturated carbocycles. The summed E-state index contributed by atoms with van der Waals surface area (Å²) in [7, 11) is 0. The maximum absolute atomic E-state index is 12.0. The van der Waals surface area contributed by atoms with Crippen LogP contribution in [0.2, 0.25) is 0 Å². The normalized spacial score (nSPS) is 28.8. The molecule has 2 aliphatic heterocycles. The Balaban J connectivity index is 1.70. The quantitative estimate of drug-likeness (QED) is 0.833. The van der Waals surface area contributed by atoms with Gasteiger partial charge < -0.3 is 14.8 Å². The lowest BCUT2D eigenvalue weighted by Gasteiger charge is -2.32. The molecule has 0 bridgehead atoms. The second kappa shape index (κ2) is 5.12. The average Bonchev–Trinajstić information content (AvgIpc) is 2.61. The van der Waals surface area contributed by atoms with Gasteiger partial charge in [0.2, 0.25) is 0 Å². The topological polar surface area (TPSA) is 30.5 Å². The van der Waals surface area contributed by atoms with E-state index in [9.17, 15) is 13.2 Å². The van der Waals surface area contributed by atoms with Crippen LogP contribution < -0.4 is 5.32 Å². The lowest BCUT2D eigenvalue weighted by atomic mass is 9.89. The minimum Gasteiger partial charge on any atom is -0.375 e. The maximum Gasteiger partial charge on any atom is 0.391 e. The number of nitrogens with one attached hydrogen (secondary N) is 1. The third-order valence-electron chi connectivity index (χ3n) is 3.43. The summed E-state index contributed by atoms with van der Waals surface area (Å²) in [6.45, 7) is 1.99. The summed E-state index contributed by atoms with van der Waals surface area (Å²) in [5.74, 6) is 0. The first-order valence-electron chi connectivity index (χ1n) is 6.02. The highest BCUT2D eigenvalue weighted by Crippen LogP contribution is 2.35. The first-order chi connectivity index (χ1) is 7.99. The Bertz CT molecular complexity index is 252. The number of ether oxygens (including phenoxy) is 2. The summed E-state index contributed by atoms with van der Waals surface area (Å²) >= 11 is 0. The molecule has 2 aliphatic rings. The lowest BCUT2D eigenvalue weighted by Crippen LogP contribution is -2.41. The van der Waals surface area contributed by atoms with E-state index in [1.807, 2.05) is 0 Å². The van der Waals surface area contributed by atoms with Crippen LogP contribution in [0.3, 0.4) is 0 Å². The van der Waals surface area contributed by atoms with Crippen molar-refractivity contribution in [3.05, 3.63) is 0 Å². The van der Waals surface area contributed by atoms with Gasteiger partial charge in [-0.05, 0) is 25.9 Å². The van der Waals surface area contributed by atoms with Crippen LogP contribution in [-0.2, 0) is 9.47 Å². The van der Waals surface area contributed by atoms with Gasteiger partial charge in [-0.15, -0.1) is 0 Å². The predicted octanol–water partition coefficient (Wildman–Crippen LogP) is 1.87. The van der Waals surface area contributed by atoms with Crippen molar-refractivity contribution in [2.45, 2.75) is 43.6 Å². The van der Waals surface area contributed by atoms with Crippen LogP contribution in [0.5, 0.6) is 0 Å². The van der Waals surface area contributed by atoms with Crippen molar-refractivity contribution in [1.29, 1.82) is 0 Å². The van der Waals surface area contributed by atoms with Gasteiger partial charge in [0.05, 0.1) is 31.3 Å². The molecule has 2 fully saturated rings. The molecule has 6 heteroatoms. The minimum absolute atomic E-state index is 0.145. The molecule has 3 nitrogen and oxygen atoms in total. The van der Waals surface area contributed by atoms with Crippen LogP contribution in [0.25, 0.3) is 0 Å². The molecule has 100 valence electrons. The number of hydrogen-bond acceptors (Lipinski definition) is 3. The molecular weight excluding hydrogens is 235 g/mol. The van der Waals surface area contributed by atoms with Crippen LogP contribution in [0.4, 0.5) is 13.2 Å². The van der Waals surface area contributed by atoms with Gasteiger partial charge in [0.15, 0.2) is 0 Å². The van der Waals surface area contributed by atoms with Crippen molar-refractivity contribution in [1.82, 2.24) is 5.32 Å². The highest BCUT2D eigenvalue weighted by Gasteiger charge is 2.41. The van der Waals surface area contributed by atoms with E-state index in [-0.39, 0.29) is 18.3 Å². The second-order valence-electron chi connectivity index (χ2n) is 4.81. The summed E-state index contributed by atoms with van der Waals surface area (Å²) < 4.78 is 46.8. The summed E-state index contributed by atoms with van der Waals surface area (Å²) in [5, 5.41) is 3.24. The molecule has 0 aromatic heterocycles. The predicted molar refractivity (Wildman–Crippen MR) is 55.8 cm³/mol. The Hall–Kier alpha value is -0.330. The van der Waals surface area contributed by atoms with Gasteiger partial charge >= 0.3 is 6.18 Å². The lowest BCUT2D eigenvalue weighted by molar-refractivity contribution is -0.148. The smallest absolute Gasteiger partial charge is 0.375 e. The molecule has 17 heavy (non-hydrogen) atoms. The van der Waals surface area contributed by atoms with Crippen molar-refractivity contribution >= 4 is 0 Å². The number of piperidine rings is 1. The van der Waals surface area contributed by atoms with Crippen molar-refractivity contribution in [2.75, 3.05) is 26.3 Å². The molecule has 0 aromatic carbocycles. The van der Waals surface area contributed by atoms with Crippen LogP contribution in [-0.4, -0.2) is 44.2 Å². The maximum atomic E-state index is 12.0. The van der Waals surface area contributed by atoms with Gasteiger partial charge in [0.25, 0.3) is 0 Å². The molecule has 0 radical (unpaired) electrons. The van der Waals surface area contributed by atoms with Crippen molar-refractivity contribution < 1.29 is 22.6 Å². The molecule has 0 amide bonds. The molecule has 1 unspecified atom stereocenters. The minimum atomic E-state index is -4.13. The first kappa shape index (κ1) is 13.1. The third kappa shape index (κ3) is 3.82. The van der Waals surface area contributed by atoms with Crippen LogP contribution in [0.1, 0.15) is 25.7 Å². The van der Waals surface area contributed by atoms with Crippen molar-refractivity contribution in [3.8, 4) is 0 Å². The second-order valence-corrected chi connectivity index (χ2v) is 4.81. The standard InChI is InChI=1S/C11H18F3NO2/c12-11(13,14)3-6-16-9-7-10(17-8-9)1-4-15-5-2-10/h9,15H,1-8H2. The molecule has 0 aromatic rings. The molecular formula is C11H18F3NO2. The molecule has 1 spiro atoms. The Morgan fingerprint density at radius 1 is 1.29 bits per heavy atom. The molecule has 2 saturated heterocycles. The summed E-state index contributed by atoms with van der Waals surface area (Å²) in [4.78, 5) is 0. The van der Waals surface area contributed by atoms with Gasteiger partial charge in [-0.2, -0.15) is 13.2 Å². The highest BCUT2D eigenvalue weighted by molar-refractivity contribution is 4.93. The Morgan fingerprint density at radius 2 is 2.00 bits per heavy atom. The fraction of sp³-hybridized carbons (Fsp3) is 1.00. The zero-order valence-electron chi connectivity index (χ0n) is 9.68. The number of alkyl halides is 3. The highest BCUT2D eigenvalue weighted by atomic mass is 19.4. The molecule has 1 N–H and O–H groups in total. The molecule has 0 aliphatic carbocycles. The van der Waals surface area contributed by atoms with Crippen molar-refractivity contribution in [3.63, 3.8) is 0 Å². The zero-order valence-corrected chi connectivity index (χ0v) is 9.68. The van der Waals surface area contributed by atoms with E-state index in [0.717, 1.165) is 32.4 Å².